The van der Waals surface area contributed by atoms with E-state index in [-0.39, 0.29) is 5.04 Å². The molecule has 0 saturated carbocycles. The maximum absolute atomic E-state index is 9.19. The molecule has 2 aromatic carbocycles. The van der Waals surface area contributed by atoms with Crippen molar-refractivity contribution in [2.45, 2.75) is 25.8 Å². The van der Waals surface area contributed by atoms with Gasteiger partial charge in [-0.1, -0.05) is 81.4 Å². The highest BCUT2D eigenvalue weighted by atomic mass is 28.3. The maximum Gasteiger partial charge on any atom is 0.208 e. The molecule has 0 aromatic heterocycles. The van der Waals surface area contributed by atoms with E-state index < -0.39 is 8.24 Å². The van der Waals surface area contributed by atoms with Gasteiger partial charge in [-0.25, -0.2) is 0 Å². The molecule has 0 spiro atoms. The van der Waals surface area contributed by atoms with Crippen molar-refractivity contribution >= 4 is 18.6 Å². The number of nitrogens with one attached hydrogen (secondary N) is 1. The normalized spacial score (nSPS) is 12.4. The molecule has 2 aromatic rings. The first-order valence-electron chi connectivity index (χ1n) is 6.32. The van der Waals surface area contributed by atoms with Gasteiger partial charge in [-0.2, -0.15) is 0 Å². The summed E-state index contributed by atoms with van der Waals surface area (Å²) in [4.78, 5) is 0. The maximum atomic E-state index is 9.19. The molecule has 0 bridgehead atoms. The van der Waals surface area contributed by atoms with E-state index in [2.05, 4.69) is 45.0 Å². The predicted octanol–water partition coefficient (Wildman–Crippen LogP) is 2.83. The van der Waals surface area contributed by atoms with E-state index in [0.717, 1.165) is 0 Å². The molecule has 0 aliphatic rings. The van der Waals surface area contributed by atoms with Crippen LogP contribution in [0.5, 0.6) is 0 Å². The van der Waals surface area contributed by atoms with E-state index in [1.165, 1.54) is 10.4 Å². The Hall–Kier alpha value is -1.38. The monoisotopic (exact) mass is 254 g/mol. The Kier molecular flexibility index (Phi) is 3.42. The topological polar surface area (TPSA) is 23.8 Å². The fourth-order valence-corrected chi connectivity index (χ4v) is 5.86. The van der Waals surface area contributed by atoms with Gasteiger partial charge in [0, 0.05) is 0 Å². The highest BCUT2D eigenvalue weighted by Crippen LogP contribution is 2.32. The average Bonchev–Trinajstić information content (AvgIpc) is 2.38. The molecule has 0 amide bonds. The Balaban J connectivity index is 2.63. The minimum absolute atomic E-state index is 0.0320. The summed E-state index contributed by atoms with van der Waals surface area (Å²) in [6.45, 7) is 6.56. The van der Waals surface area contributed by atoms with Gasteiger partial charge in [0.05, 0.1) is 0 Å². The zero-order valence-electron chi connectivity index (χ0n) is 11.3. The number of rotatable bonds is 2. The van der Waals surface area contributed by atoms with E-state index in [9.17, 15) is 5.40 Å². The summed E-state index contributed by atoms with van der Waals surface area (Å²) in [7, 11) is -2.45. The lowest BCUT2D eigenvalue weighted by molar-refractivity contribution is 0.727. The Morgan fingerprint density at radius 2 is 1.06 bits per heavy atom. The summed E-state index contributed by atoms with van der Waals surface area (Å²) in [5.41, 5.74) is 0. The van der Waals surface area contributed by atoms with Crippen LogP contribution in [0.2, 0.25) is 5.04 Å². The fourth-order valence-electron chi connectivity index (χ4n) is 2.41. The number of hydrogen-bond donors (Lipinski definition) is 0. The first-order chi connectivity index (χ1) is 8.46. The van der Waals surface area contributed by atoms with Gasteiger partial charge in [0.25, 0.3) is 0 Å². The van der Waals surface area contributed by atoms with Crippen molar-refractivity contribution in [3.63, 3.8) is 0 Å². The van der Waals surface area contributed by atoms with Gasteiger partial charge in [0.15, 0.2) is 0 Å². The highest BCUT2D eigenvalue weighted by molar-refractivity contribution is 7.01. The van der Waals surface area contributed by atoms with Crippen molar-refractivity contribution in [1.29, 1.82) is 0 Å². The first kappa shape index (κ1) is 13.1. The van der Waals surface area contributed by atoms with Gasteiger partial charge < -0.3 is 0 Å². The fraction of sp³-hybridized carbons (Fsp3) is 0.250. The van der Waals surface area contributed by atoms with E-state index in [4.69, 9.17) is 0 Å². The predicted molar refractivity (Wildman–Crippen MR) is 80.7 cm³/mol. The summed E-state index contributed by atoms with van der Waals surface area (Å²) in [5.74, 6) is 0. The minimum Gasteiger partial charge on any atom is -0.274 e. The summed E-state index contributed by atoms with van der Waals surface area (Å²) in [6.07, 6.45) is 0. The van der Waals surface area contributed by atoms with E-state index in [1.807, 2.05) is 36.4 Å². The highest BCUT2D eigenvalue weighted by Gasteiger charge is 2.45. The van der Waals surface area contributed by atoms with Crippen molar-refractivity contribution in [3.8, 4) is 0 Å². The van der Waals surface area contributed by atoms with E-state index >= 15 is 0 Å². The smallest absolute Gasteiger partial charge is 0.208 e. The third-order valence-electron chi connectivity index (χ3n) is 3.54. The van der Waals surface area contributed by atoms with Crippen LogP contribution in [0.15, 0.2) is 60.7 Å². The third kappa shape index (κ3) is 2.14. The van der Waals surface area contributed by atoms with Crippen molar-refractivity contribution < 1.29 is 0 Å². The van der Waals surface area contributed by atoms with Gasteiger partial charge in [-0.15, -0.1) is 0 Å². The van der Waals surface area contributed by atoms with E-state index in [0.29, 0.717) is 0 Å². The standard InChI is InChI=1S/C16H20NSi/c1-16(2,3)18(17,14-10-6-4-7-11-14)15-12-8-5-9-13-15/h4-13,17H,1-3H3. The van der Waals surface area contributed by atoms with Crippen molar-refractivity contribution in [1.82, 2.24) is 5.40 Å². The van der Waals surface area contributed by atoms with Crippen LogP contribution < -0.4 is 15.8 Å². The lowest BCUT2D eigenvalue weighted by Crippen LogP contribution is -2.66. The molecule has 1 N–H and O–H groups in total. The number of benzene rings is 2. The Bertz CT molecular complexity index is 460. The summed E-state index contributed by atoms with van der Waals surface area (Å²) in [6, 6.07) is 20.6. The van der Waals surface area contributed by atoms with Crippen LogP contribution in [0.3, 0.4) is 0 Å². The summed E-state index contributed by atoms with van der Waals surface area (Å²) >= 11 is 0. The van der Waals surface area contributed by atoms with Crippen LogP contribution in [0, 0.1) is 0 Å². The molecule has 0 aliphatic carbocycles. The first-order valence-corrected chi connectivity index (χ1v) is 8.32. The Labute approximate surface area is 111 Å². The Morgan fingerprint density at radius 3 is 1.33 bits per heavy atom. The SMILES string of the molecule is CC(C)(C)[Si]([NH])(c1ccccc1)c1ccccc1. The van der Waals surface area contributed by atoms with Crippen molar-refractivity contribution in [3.05, 3.63) is 60.7 Å². The second kappa shape index (κ2) is 4.71. The number of hydrogen-bond acceptors (Lipinski definition) is 0. The second-order valence-corrected chi connectivity index (χ2v) is 9.89. The molecule has 2 heteroatoms. The van der Waals surface area contributed by atoms with Gasteiger partial charge in [-0.05, 0) is 15.4 Å². The molecule has 0 saturated heterocycles. The van der Waals surface area contributed by atoms with Crippen LogP contribution in [-0.4, -0.2) is 8.24 Å². The summed E-state index contributed by atoms with van der Waals surface area (Å²) < 4.78 is 0. The molecule has 2 rings (SSSR count). The lowest BCUT2D eigenvalue weighted by Gasteiger charge is -2.39. The lowest BCUT2D eigenvalue weighted by atomic mass is 10.2. The molecule has 0 unspecified atom stereocenters. The molecule has 0 aliphatic heterocycles. The van der Waals surface area contributed by atoms with Crippen molar-refractivity contribution in [2.75, 3.05) is 0 Å². The van der Waals surface area contributed by atoms with Crippen LogP contribution in [0.4, 0.5) is 0 Å². The largest absolute Gasteiger partial charge is 0.274 e. The van der Waals surface area contributed by atoms with Gasteiger partial charge in [0.2, 0.25) is 8.24 Å². The molecular weight excluding hydrogens is 234 g/mol. The summed E-state index contributed by atoms with van der Waals surface area (Å²) in [5, 5.41) is 11.5. The van der Waals surface area contributed by atoms with Gasteiger partial charge >= 0.3 is 0 Å². The molecule has 0 atom stereocenters. The third-order valence-corrected chi connectivity index (χ3v) is 8.19. The molecule has 0 heterocycles. The zero-order valence-corrected chi connectivity index (χ0v) is 12.3. The quantitative estimate of drug-likeness (QED) is 0.736. The molecule has 0 fully saturated rings. The minimum atomic E-state index is -2.45. The zero-order chi connectivity index (χ0) is 13.2. The average molecular weight is 254 g/mol. The van der Waals surface area contributed by atoms with Crippen LogP contribution in [0.1, 0.15) is 20.8 Å². The Morgan fingerprint density at radius 1 is 0.722 bits per heavy atom. The molecule has 1 radical (unpaired) electrons. The molecule has 93 valence electrons. The van der Waals surface area contributed by atoms with Crippen LogP contribution in [0.25, 0.3) is 0 Å². The van der Waals surface area contributed by atoms with Gasteiger partial charge in [-0.3, -0.25) is 5.40 Å². The second-order valence-electron chi connectivity index (χ2n) is 5.73. The van der Waals surface area contributed by atoms with E-state index in [1.54, 1.807) is 0 Å². The van der Waals surface area contributed by atoms with Crippen LogP contribution >= 0.6 is 0 Å². The molecular formula is C16H20NSi. The van der Waals surface area contributed by atoms with Gasteiger partial charge in [0.1, 0.15) is 0 Å². The van der Waals surface area contributed by atoms with Crippen molar-refractivity contribution in [2.24, 2.45) is 0 Å². The molecule has 1 nitrogen and oxygen atoms in total. The molecule has 18 heavy (non-hydrogen) atoms. The van der Waals surface area contributed by atoms with Crippen LogP contribution in [-0.2, 0) is 0 Å².